The summed E-state index contributed by atoms with van der Waals surface area (Å²) in [7, 11) is 3.17. The Hall–Kier alpha value is -0.530. The summed E-state index contributed by atoms with van der Waals surface area (Å²) in [5.41, 5.74) is 0.347. The zero-order chi connectivity index (χ0) is 12.9. The molecular formula is C12H24IN3O2. The zero-order valence-corrected chi connectivity index (χ0v) is 14.0. The van der Waals surface area contributed by atoms with Gasteiger partial charge in [-0.2, -0.15) is 0 Å². The summed E-state index contributed by atoms with van der Waals surface area (Å²) in [5.74, 6) is 0.675. The number of nitrogens with zero attached hydrogens (tertiary/aromatic N) is 2. The van der Waals surface area contributed by atoms with Gasteiger partial charge in [-0.05, 0) is 11.8 Å². The molecule has 1 rings (SSSR count). The standard InChI is InChI=1S/C12H23N3O2.HI/c1-12(2)6-8-15(9-12)11(13-3)14-7-5-10(16)17-4;/h5-9H2,1-4H3,(H,13,14);1H. The van der Waals surface area contributed by atoms with Crippen LogP contribution in [0.25, 0.3) is 0 Å². The molecule has 0 aromatic rings. The molecular weight excluding hydrogens is 345 g/mol. The number of hydrogen-bond acceptors (Lipinski definition) is 3. The predicted molar refractivity (Wildman–Crippen MR) is 83.4 cm³/mol. The molecule has 0 unspecified atom stereocenters. The smallest absolute Gasteiger partial charge is 0.307 e. The van der Waals surface area contributed by atoms with Gasteiger partial charge in [0.25, 0.3) is 0 Å². The lowest BCUT2D eigenvalue weighted by Crippen LogP contribution is -2.41. The first-order chi connectivity index (χ1) is 7.98. The number of likely N-dealkylation sites (tertiary alicyclic amines) is 1. The van der Waals surface area contributed by atoms with Crippen molar-refractivity contribution in [3.05, 3.63) is 0 Å². The lowest BCUT2D eigenvalue weighted by atomic mass is 9.93. The Labute approximate surface area is 126 Å². The first-order valence-electron chi connectivity index (χ1n) is 6.01. The molecule has 1 N–H and O–H groups in total. The van der Waals surface area contributed by atoms with Gasteiger partial charge >= 0.3 is 5.97 Å². The van der Waals surface area contributed by atoms with Gasteiger partial charge in [-0.15, -0.1) is 24.0 Å². The van der Waals surface area contributed by atoms with Crippen molar-refractivity contribution in [1.82, 2.24) is 10.2 Å². The second-order valence-electron chi connectivity index (χ2n) is 5.14. The van der Waals surface area contributed by atoms with Gasteiger partial charge in [-0.3, -0.25) is 9.79 Å². The van der Waals surface area contributed by atoms with E-state index < -0.39 is 0 Å². The molecule has 1 aliphatic rings. The third-order valence-electron chi connectivity index (χ3n) is 3.03. The second kappa shape index (κ2) is 7.81. The number of aliphatic imine (C=N–C) groups is 1. The lowest BCUT2D eigenvalue weighted by molar-refractivity contribution is -0.140. The Morgan fingerprint density at radius 2 is 2.17 bits per heavy atom. The van der Waals surface area contributed by atoms with Gasteiger partial charge in [0.2, 0.25) is 0 Å². The number of ether oxygens (including phenoxy) is 1. The number of esters is 1. The molecule has 18 heavy (non-hydrogen) atoms. The number of methoxy groups -OCH3 is 1. The van der Waals surface area contributed by atoms with Gasteiger partial charge in [0, 0.05) is 26.7 Å². The Morgan fingerprint density at radius 3 is 2.61 bits per heavy atom. The van der Waals surface area contributed by atoms with Gasteiger partial charge in [0.05, 0.1) is 13.5 Å². The third kappa shape index (κ3) is 5.41. The molecule has 6 heteroatoms. The summed E-state index contributed by atoms with van der Waals surface area (Å²) in [6.45, 7) is 7.11. The molecule has 0 aromatic heterocycles. The summed E-state index contributed by atoms with van der Waals surface area (Å²) >= 11 is 0. The van der Waals surface area contributed by atoms with Crippen LogP contribution in [0.3, 0.4) is 0 Å². The SMILES string of the molecule is CN=C(NCCC(=O)OC)N1CCC(C)(C)C1.I. The molecule has 1 heterocycles. The molecule has 0 bridgehead atoms. The van der Waals surface area contributed by atoms with Gasteiger partial charge in [-0.1, -0.05) is 13.8 Å². The summed E-state index contributed by atoms with van der Waals surface area (Å²) in [4.78, 5) is 17.5. The summed E-state index contributed by atoms with van der Waals surface area (Å²) < 4.78 is 4.59. The minimum atomic E-state index is -0.199. The number of carbonyl (C=O) groups is 1. The van der Waals surface area contributed by atoms with E-state index in [9.17, 15) is 4.79 Å². The molecule has 0 aromatic carbocycles. The fourth-order valence-electron chi connectivity index (χ4n) is 2.00. The van der Waals surface area contributed by atoms with Crippen molar-refractivity contribution in [2.24, 2.45) is 10.4 Å². The maximum Gasteiger partial charge on any atom is 0.307 e. The van der Waals surface area contributed by atoms with E-state index in [1.165, 1.54) is 13.5 Å². The number of halogens is 1. The van der Waals surface area contributed by atoms with E-state index in [1.54, 1.807) is 7.05 Å². The van der Waals surface area contributed by atoms with E-state index in [1.807, 2.05) is 0 Å². The van der Waals surface area contributed by atoms with Crippen LogP contribution >= 0.6 is 24.0 Å². The van der Waals surface area contributed by atoms with Crippen LogP contribution < -0.4 is 5.32 Å². The molecule has 0 radical (unpaired) electrons. The number of rotatable bonds is 3. The molecule has 0 amide bonds. The Balaban J connectivity index is 0.00000289. The van der Waals surface area contributed by atoms with E-state index in [0.717, 1.165) is 19.0 Å². The van der Waals surface area contributed by atoms with Crippen molar-refractivity contribution < 1.29 is 9.53 Å². The monoisotopic (exact) mass is 369 g/mol. The molecule has 0 atom stereocenters. The summed E-state index contributed by atoms with van der Waals surface area (Å²) in [6.07, 6.45) is 1.54. The average molecular weight is 369 g/mol. The van der Waals surface area contributed by atoms with E-state index >= 15 is 0 Å². The third-order valence-corrected chi connectivity index (χ3v) is 3.03. The topological polar surface area (TPSA) is 53.9 Å². The van der Waals surface area contributed by atoms with E-state index in [-0.39, 0.29) is 29.9 Å². The van der Waals surface area contributed by atoms with Crippen LogP contribution in [0.1, 0.15) is 26.7 Å². The maximum atomic E-state index is 11.0. The van der Waals surface area contributed by atoms with E-state index in [2.05, 4.69) is 33.8 Å². The number of nitrogens with one attached hydrogen (secondary N) is 1. The fraction of sp³-hybridized carbons (Fsp3) is 0.833. The molecule has 5 nitrogen and oxygen atoms in total. The van der Waals surface area contributed by atoms with E-state index in [0.29, 0.717) is 18.4 Å². The predicted octanol–water partition coefficient (Wildman–Crippen LogP) is 1.47. The number of carbonyl (C=O) groups excluding carboxylic acids is 1. The van der Waals surface area contributed by atoms with Crippen molar-refractivity contribution in [1.29, 1.82) is 0 Å². The van der Waals surface area contributed by atoms with Crippen molar-refractivity contribution in [2.45, 2.75) is 26.7 Å². The number of hydrogen-bond donors (Lipinski definition) is 1. The van der Waals surface area contributed by atoms with Crippen molar-refractivity contribution in [3.8, 4) is 0 Å². The van der Waals surface area contributed by atoms with Gasteiger partial charge in [-0.25, -0.2) is 0 Å². The summed E-state index contributed by atoms with van der Waals surface area (Å²) in [5, 5.41) is 3.19. The second-order valence-corrected chi connectivity index (χ2v) is 5.14. The first-order valence-corrected chi connectivity index (χ1v) is 6.01. The minimum Gasteiger partial charge on any atom is -0.469 e. The zero-order valence-electron chi connectivity index (χ0n) is 11.7. The van der Waals surface area contributed by atoms with Crippen LogP contribution in [0.2, 0.25) is 0 Å². The Morgan fingerprint density at radius 1 is 1.50 bits per heavy atom. The van der Waals surface area contributed by atoms with Crippen LogP contribution in [0, 0.1) is 5.41 Å². The van der Waals surface area contributed by atoms with Gasteiger partial charge in [0.1, 0.15) is 0 Å². The molecule has 1 saturated heterocycles. The average Bonchev–Trinajstić information content (AvgIpc) is 2.64. The lowest BCUT2D eigenvalue weighted by Gasteiger charge is -2.23. The quantitative estimate of drug-likeness (QED) is 0.354. The molecule has 1 aliphatic heterocycles. The van der Waals surface area contributed by atoms with Crippen molar-refractivity contribution >= 4 is 35.9 Å². The highest BCUT2D eigenvalue weighted by molar-refractivity contribution is 14.0. The van der Waals surface area contributed by atoms with Crippen molar-refractivity contribution in [2.75, 3.05) is 33.8 Å². The summed E-state index contributed by atoms with van der Waals surface area (Å²) in [6, 6.07) is 0. The highest BCUT2D eigenvalue weighted by atomic mass is 127. The van der Waals surface area contributed by atoms with Crippen LogP contribution in [0.5, 0.6) is 0 Å². The van der Waals surface area contributed by atoms with Crippen molar-refractivity contribution in [3.63, 3.8) is 0 Å². The normalized spacial score (nSPS) is 18.2. The van der Waals surface area contributed by atoms with Crippen LogP contribution in [0.15, 0.2) is 4.99 Å². The van der Waals surface area contributed by atoms with Crippen LogP contribution in [-0.4, -0.2) is 50.6 Å². The van der Waals surface area contributed by atoms with Gasteiger partial charge in [0.15, 0.2) is 5.96 Å². The van der Waals surface area contributed by atoms with Crippen LogP contribution in [-0.2, 0) is 9.53 Å². The molecule has 0 saturated carbocycles. The molecule has 0 aliphatic carbocycles. The Bertz CT molecular complexity index is 306. The molecule has 106 valence electrons. The number of guanidine groups is 1. The fourth-order valence-corrected chi connectivity index (χ4v) is 2.00. The van der Waals surface area contributed by atoms with Crippen LogP contribution in [0.4, 0.5) is 0 Å². The highest BCUT2D eigenvalue weighted by Crippen LogP contribution is 2.28. The minimum absolute atomic E-state index is 0. The molecule has 0 spiro atoms. The maximum absolute atomic E-state index is 11.0. The molecule has 1 fully saturated rings. The largest absolute Gasteiger partial charge is 0.469 e. The highest BCUT2D eigenvalue weighted by Gasteiger charge is 2.30. The van der Waals surface area contributed by atoms with E-state index in [4.69, 9.17) is 0 Å². The first kappa shape index (κ1) is 17.5. The van der Waals surface area contributed by atoms with Gasteiger partial charge < -0.3 is 15.0 Å². The Kier molecular flexibility index (Phi) is 7.58.